The second kappa shape index (κ2) is 5.49. The predicted molar refractivity (Wildman–Crippen MR) is 96.8 cm³/mol. The van der Waals surface area contributed by atoms with E-state index in [-0.39, 0.29) is 0 Å². The molecule has 0 bridgehead atoms. The van der Waals surface area contributed by atoms with E-state index in [1.54, 1.807) is 32.7 Å². The average Bonchev–Trinajstić information content (AvgIpc) is 3.01. The van der Waals surface area contributed by atoms with Gasteiger partial charge in [-0.05, 0) is 25.1 Å². The van der Waals surface area contributed by atoms with Crippen molar-refractivity contribution in [2.45, 2.75) is 6.92 Å². The van der Waals surface area contributed by atoms with Crippen LogP contribution in [0.4, 0.5) is 0 Å². The highest BCUT2D eigenvalue weighted by Gasteiger charge is 2.17. The number of aryl methyl sites for hydroxylation is 1. The highest BCUT2D eigenvalue weighted by atomic mass is 32.1. The summed E-state index contributed by atoms with van der Waals surface area (Å²) in [6, 6.07) is 7.84. The number of nitrogens with zero attached hydrogens (tertiary/aromatic N) is 2. The molecule has 0 aliphatic carbocycles. The molecule has 0 radical (unpaired) electrons. The Morgan fingerprint density at radius 3 is 2.08 bits per heavy atom. The molecule has 2 aromatic heterocycles. The zero-order chi connectivity index (χ0) is 16.8. The Hall–Kier alpha value is -2.60. The Kier molecular flexibility index (Phi) is 3.42. The molecule has 6 heteroatoms. The van der Waals surface area contributed by atoms with Crippen LogP contribution < -0.4 is 14.2 Å². The number of benzene rings is 2. The number of hydrogen-bond donors (Lipinski definition) is 0. The van der Waals surface area contributed by atoms with Gasteiger partial charge in [-0.1, -0.05) is 0 Å². The minimum Gasteiger partial charge on any atom is -0.493 e. The number of ether oxygens (including phenoxy) is 3. The number of aromatic nitrogens is 2. The van der Waals surface area contributed by atoms with Crippen molar-refractivity contribution in [3.05, 3.63) is 29.3 Å². The summed E-state index contributed by atoms with van der Waals surface area (Å²) < 4.78 is 17.4. The number of fused-ring (bicyclic) bond motifs is 6. The molecule has 122 valence electrons. The Morgan fingerprint density at radius 1 is 0.792 bits per heavy atom. The van der Waals surface area contributed by atoms with Gasteiger partial charge in [0.05, 0.1) is 42.1 Å². The van der Waals surface area contributed by atoms with Crippen molar-refractivity contribution in [3.63, 3.8) is 0 Å². The van der Waals surface area contributed by atoms with Gasteiger partial charge in [-0.3, -0.25) is 0 Å². The highest BCUT2D eigenvalue weighted by molar-refractivity contribution is 7.19. The lowest BCUT2D eigenvalue weighted by molar-refractivity contribution is 0.356. The molecule has 0 aliphatic heterocycles. The molecule has 0 aliphatic rings. The van der Waals surface area contributed by atoms with Crippen molar-refractivity contribution in [3.8, 4) is 17.4 Å². The maximum absolute atomic E-state index is 5.47. The summed E-state index contributed by atoms with van der Waals surface area (Å²) in [4.78, 5) is 9.40. The van der Waals surface area contributed by atoms with Crippen LogP contribution in [-0.2, 0) is 0 Å². The summed E-state index contributed by atoms with van der Waals surface area (Å²) in [5.41, 5.74) is 1.84. The van der Waals surface area contributed by atoms with Gasteiger partial charge in [0.25, 0.3) is 0 Å². The van der Waals surface area contributed by atoms with E-state index in [4.69, 9.17) is 19.2 Å². The van der Waals surface area contributed by atoms with E-state index < -0.39 is 0 Å². The standard InChI is InChI=1S/C18H16N2O3S/c1-9-19-17-12-8-14(22-3)13(21-2)7-11(12)16-10(18(17)24-9)5-6-15(20-16)23-4/h5-8H,1-4H3. The van der Waals surface area contributed by atoms with E-state index in [0.29, 0.717) is 17.4 Å². The monoisotopic (exact) mass is 340 g/mol. The van der Waals surface area contributed by atoms with Crippen molar-refractivity contribution in [2.75, 3.05) is 21.3 Å². The molecule has 0 amide bonds. The van der Waals surface area contributed by atoms with Crippen LogP contribution in [0.25, 0.3) is 31.9 Å². The van der Waals surface area contributed by atoms with Gasteiger partial charge in [0, 0.05) is 22.2 Å². The van der Waals surface area contributed by atoms with Gasteiger partial charge < -0.3 is 14.2 Å². The van der Waals surface area contributed by atoms with Crippen LogP contribution in [0.2, 0.25) is 0 Å². The summed E-state index contributed by atoms with van der Waals surface area (Å²) in [7, 11) is 4.89. The first kappa shape index (κ1) is 15.0. The molecular formula is C18H16N2O3S. The maximum Gasteiger partial charge on any atom is 0.213 e. The molecule has 4 rings (SSSR count). The molecular weight excluding hydrogens is 324 g/mol. The maximum atomic E-state index is 5.47. The van der Waals surface area contributed by atoms with E-state index in [2.05, 4.69) is 4.98 Å². The van der Waals surface area contributed by atoms with Gasteiger partial charge in [-0.2, -0.15) is 0 Å². The lowest BCUT2D eigenvalue weighted by atomic mass is 10.0. The molecule has 24 heavy (non-hydrogen) atoms. The summed E-state index contributed by atoms with van der Waals surface area (Å²) in [6.07, 6.45) is 0. The molecule has 0 N–H and O–H groups in total. The quantitative estimate of drug-likeness (QED) is 0.520. The fraction of sp³-hybridized carbons (Fsp3) is 0.222. The van der Waals surface area contributed by atoms with E-state index in [9.17, 15) is 0 Å². The number of rotatable bonds is 3. The van der Waals surface area contributed by atoms with Gasteiger partial charge in [0.2, 0.25) is 5.88 Å². The van der Waals surface area contributed by atoms with E-state index in [1.807, 2.05) is 31.2 Å². The van der Waals surface area contributed by atoms with E-state index in [1.165, 1.54) is 0 Å². The second-order valence-corrected chi connectivity index (χ2v) is 6.62. The topological polar surface area (TPSA) is 53.5 Å². The normalized spacial score (nSPS) is 11.3. The Morgan fingerprint density at radius 2 is 1.46 bits per heavy atom. The zero-order valence-corrected chi connectivity index (χ0v) is 14.7. The molecule has 0 unspecified atom stereocenters. The van der Waals surface area contributed by atoms with Crippen LogP contribution in [0.1, 0.15) is 5.01 Å². The fourth-order valence-corrected chi connectivity index (χ4v) is 3.97. The third-order valence-corrected chi connectivity index (χ3v) is 5.10. The average molecular weight is 340 g/mol. The molecule has 2 heterocycles. The van der Waals surface area contributed by atoms with Gasteiger partial charge in [0.15, 0.2) is 11.5 Å². The molecule has 2 aromatic carbocycles. The summed E-state index contributed by atoms with van der Waals surface area (Å²) in [5.74, 6) is 1.93. The van der Waals surface area contributed by atoms with Crippen LogP contribution in [-0.4, -0.2) is 31.3 Å². The van der Waals surface area contributed by atoms with Crippen LogP contribution in [0.3, 0.4) is 0 Å². The minimum atomic E-state index is 0.583. The number of pyridine rings is 1. The van der Waals surface area contributed by atoms with Crippen LogP contribution in [0.5, 0.6) is 17.4 Å². The van der Waals surface area contributed by atoms with Crippen molar-refractivity contribution >= 4 is 43.2 Å². The Bertz CT molecular complexity index is 1090. The summed E-state index contributed by atoms with van der Waals surface area (Å²) >= 11 is 1.67. The van der Waals surface area contributed by atoms with Crippen molar-refractivity contribution in [1.82, 2.24) is 9.97 Å². The number of hydrogen-bond acceptors (Lipinski definition) is 6. The molecule has 4 aromatic rings. The molecule has 0 spiro atoms. The number of thiazole rings is 1. The Balaban J connectivity index is 2.27. The predicted octanol–water partition coefficient (Wildman–Crippen LogP) is 4.33. The van der Waals surface area contributed by atoms with Crippen LogP contribution >= 0.6 is 11.3 Å². The van der Waals surface area contributed by atoms with Gasteiger partial charge in [0.1, 0.15) is 0 Å². The third kappa shape index (κ3) is 2.06. The first-order valence-electron chi connectivity index (χ1n) is 7.46. The van der Waals surface area contributed by atoms with Crippen molar-refractivity contribution in [2.24, 2.45) is 0 Å². The van der Waals surface area contributed by atoms with Gasteiger partial charge >= 0.3 is 0 Å². The van der Waals surface area contributed by atoms with Gasteiger partial charge in [-0.25, -0.2) is 9.97 Å². The summed E-state index contributed by atoms with van der Waals surface area (Å²) in [5, 5.41) is 4.06. The third-order valence-electron chi connectivity index (χ3n) is 4.09. The zero-order valence-electron chi connectivity index (χ0n) is 13.8. The molecule has 0 saturated heterocycles. The molecule has 5 nitrogen and oxygen atoms in total. The molecule has 0 atom stereocenters. The minimum absolute atomic E-state index is 0.583. The van der Waals surface area contributed by atoms with E-state index >= 15 is 0 Å². The van der Waals surface area contributed by atoms with Gasteiger partial charge in [-0.15, -0.1) is 11.3 Å². The number of methoxy groups -OCH3 is 3. The lowest BCUT2D eigenvalue weighted by Crippen LogP contribution is -1.93. The SMILES string of the molecule is COc1ccc2c(n1)c1cc(OC)c(OC)cc1c1nc(C)sc21. The first-order chi connectivity index (χ1) is 11.7. The molecule has 0 saturated carbocycles. The smallest absolute Gasteiger partial charge is 0.213 e. The summed E-state index contributed by atoms with van der Waals surface area (Å²) in [6.45, 7) is 2.01. The van der Waals surface area contributed by atoms with Crippen LogP contribution in [0, 0.1) is 6.92 Å². The van der Waals surface area contributed by atoms with Crippen LogP contribution in [0.15, 0.2) is 24.3 Å². The molecule has 0 fully saturated rings. The largest absolute Gasteiger partial charge is 0.493 e. The Labute approximate surface area is 142 Å². The van der Waals surface area contributed by atoms with Crippen molar-refractivity contribution < 1.29 is 14.2 Å². The second-order valence-electron chi connectivity index (χ2n) is 5.41. The van der Waals surface area contributed by atoms with Crippen molar-refractivity contribution in [1.29, 1.82) is 0 Å². The highest BCUT2D eigenvalue weighted by Crippen LogP contribution is 2.42. The first-order valence-corrected chi connectivity index (χ1v) is 8.27. The lowest BCUT2D eigenvalue weighted by Gasteiger charge is -2.12. The van der Waals surface area contributed by atoms with E-state index in [0.717, 1.165) is 36.9 Å². The fourth-order valence-electron chi connectivity index (χ4n) is 3.01.